The molecule has 0 atom stereocenters. The minimum atomic E-state index is 1.08. The van der Waals surface area contributed by atoms with Crippen LogP contribution in [0, 0.1) is 0 Å². The van der Waals surface area contributed by atoms with Gasteiger partial charge in [-0.15, -0.1) is 0 Å². The van der Waals surface area contributed by atoms with Gasteiger partial charge in [0, 0.05) is 62.8 Å². The number of nitrogens with zero attached hydrogens (tertiary/aromatic N) is 3. The monoisotopic (exact) mass is 1720 g/mol. The highest BCUT2D eigenvalue weighted by Gasteiger charge is 2.20. The van der Waals surface area contributed by atoms with Gasteiger partial charge in [0.1, 0.15) is 0 Å². The summed E-state index contributed by atoms with van der Waals surface area (Å²) in [5.41, 5.74) is 35.0. The van der Waals surface area contributed by atoms with E-state index in [1.165, 1.54) is 188 Å². The van der Waals surface area contributed by atoms with Gasteiger partial charge in [0.05, 0.1) is 33.1 Å². The molecule has 6 heteroatoms. The third-order valence-electron chi connectivity index (χ3n) is 22.9. The van der Waals surface area contributed by atoms with Crippen LogP contribution in [0.5, 0.6) is 0 Å². The minimum Gasteiger partial charge on any atom is -0.309 e. The average Bonchev–Trinajstić information content (AvgIpc) is 1.49. The molecule has 3 heterocycles. The summed E-state index contributed by atoms with van der Waals surface area (Å²) in [6.45, 7) is 0. The first-order valence-corrected chi connectivity index (χ1v) is 42.9. The Hall–Kier alpha value is -14.0. The Kier molecular flexibility index (Phi) is 20.7. The summed E-state index contributed by atoms with van der Waals surface area (Å²) in [5, 5.41) is 7.53. The van der Waals surface area contributed by atoms with E-state index in [2.05, 4.69) is 523 Å². The number of hydrogen-bond donors (Lipinski definition) is 0. The van der Waals surface area contributed by atoms with Crippen LogP contribution in [0.4, 0.5) is 0 Å². The molecular weight excluding hydrogens is 1650 g/mol. The molecule has 3 aromatic heterocycles. The third kappa shape index (κ3) is 15.1. The number of benzene rings is 19. The number of fused-ring (bicyclic) bond motifs is 9. The van der Waals surface area contributed by atoms with Crippen LogP contribution in [0.1, 0.15) is 0 Å². The molecule has 0 saturated heterocycles. The normalized spacial score (nSPS) is 11.3. The molecule has 0 fully saturated rings. The van der Waals surface area contributed by atoms with Gasteiger partial charge in [-0.25, -0.2) is 0 Å². The minimum absolute atomic E-state index is 1.08. The van der Waals surface area contributed by atoms with Crippen molar-refractivity contribution in [3.63, 3.8) is 0 Å². The fraction of sp³-hybridized carbons (Fsp3) is 0. The molecule has 0 aliphatic rings. The Bertz CT molecular complexity index is 7540. The van der Waals surface area contributed by atoms with Crippen molar-refractivity contribution in [2.24, 2.45) is 0 Å². The van der Waals surface area contributed by atoms with Crippen molar-refractivity contribution in [3.8, 4) is 128 Å². The number of halogens is 3. The topological polar surface area (TPSA) is 14.8 Å². The zero-order chi connectivity index (χ0) is 80.4. The number of hydrogen-bond acceptors (Lipinski definition) is 0. The van der Waals surface area contributed by atoms with Gasteiger partial charge in [-0.1, -0.05) is 357 Å². The Balaban J connectivity index is 0.000000115. The molecule has 0 radical (unpaired) electrons. The van der Waals surface area contributed by atoms with Crippen molar-refractivity contribution in [2.75, 3.05) is 0 Å². The van der Waals surface area contributed by atoms with Crippen molar-refractivity contribution >= 4 is 113 Å². The molecule has 0 amide bonds. The van der Waals surface area contributed by atoms with Crippen LogP contribution in [-0.4, -0.2) is 13.7 Å². The van der Waals surface area contributed by atoms with Gasteiger partial charge in [-0.05, 0) is 263 Å². The smallest absolute Gasteiger partial charge is 0.0547 e. The first kappa shape index (κ1) is 74.8. The van der Waals surface area contributed by atoms with Crippen LogP contribution in [0.3, 0.4) is 0 Å². The quantitative estimate of drug-likeness (QED) is 0.109. The van der Waals surface area contributed by atoms with Crippen LogP contribution < -0.4 is 0 Å². The van der Waals surface area contributed by atoms with Crippen molar-refractivity contribution in [3.05, 3.63) is 474 Å². The summed E-state index contributed by atoms with van der Waals surface area (Å²) < 4.78 is 10.4. The van der Waals surface area contributed by atoms with Gasteiger partial charge in [-0.3, -0.25) is 0 Å². The fourth-order valence-corrected chi connectivity index (χ4v) is 18.3. The zero-order valence-electron chi connectivity index (χ0n) is 65.4. The first-order valence-electron chi connectivity index (χ1n) is 40.5. The second kappa shape index (κ2) is 33.2. The molecular formula is C114H76Br3N3. The Morgan fingerprint density at radius 2 is 0.342 bits per heavy atom. The van der Waals surface area contributed by atoms with Crippen molar-refractivity contribution < 1.29 is 0 Å². The molecule has 0 bridgehead atoms. The maximum Gasteiger partial charge on any atom is 0.0547 e. The average molecular weight is 1730 g/mol. The lowest BCUT2D eigenvalue weighted by Crippen LogP contribution is -1.94. The summed E-state index contributed by atoms with van der Waals surface area (Å²) in [4.78, 5) is 0. The van der Waals surface area contributed by atoms with E-state index in [1.54, 1.807) is 0 Å². The van der Waals surface area contributed by atoms with Gasteiger partial charge in [0.2, 0.25) is 0 Å². The molecule has 568 valence electrons. The van der Waals surface area contributed by atoms with Gasteiger partial charge in [0.15, 0.2) is 0 Å². The summed E-state index contributed by atoms with van der Waals surface area (Å²) in [7, 11) is 0. The molecule has 3 nitrogen and oxygen atoms in total. The van der Waals surface area contributed by atoms with E-state index in [1.807, 2.05) is 0 Å². The summed E-state index contributed by atoms with van der Waals surface area (Å²) in [6.07, 6.45) is 0. The lowest BCUT2D eigenvalue weighted by atomic mass is 9.97. The van der Waals surface area contributed by atoms with E-state index in [9.17, 15) is 0 Å². The third-order valence-corrected chi connectivity index (χ3v) is 24.4. The van der Waals surface area contributed by atoms with Crippen LogP contribution in [0.15, 0.2) is 474 Å². The zero-order valence-corrected chi connectivity index (χ0v) is 70.1. The SMILES string of the molecule is Brc1cccc(-c2cccc(-c3ccc4c(c3)c3cc(-c5ccccc5)ccc3n4-c3ccc(-c4ccccc4)cc3)c2)c1.Brc1cccc(-c2cccc(-c3ccc4c(c3)c3ccc(-c5ccccc5)cc3n4-c3ccccc3)c2)c1.Brc1cccc(-c2cccc(-c3ccc4c(c3)c3ccccc3n4-c3cccc(-c4ccccc4)c3)c2)c1. The molecule has 0 unspecified atom stereocenters. The molecule has 120 heavy (non-hydrogen) atoms. The number of aromatic nitrogens is 3. The summed E-state index contributed by atoms with van der Waals surface area (Å²) >= 11 is 10.9. The predicted octanol–water partition coefficient (Wildman–Crippen LogP) is 33.3. The van der Waals surface area contributed by atoms with Crippen LogP contribution >= 0.6 is 47.8 Å². The molecule has 0 aliphatic heterocycles. The lowest BCUT2D eigenvalue weighted by molar-refractivity contribution is 1.18. The Labute approximate surface area is 723 Å². The molecule has 0 saturated carbocycles. The van der Waals surface area contributed by atoms with E-state index in [0.29, 0.717) is 0 Å². The van der Waals surface area contributed by atoms with E-state index in [0.717, 1.165) is 19.1 Å². The highest BCUT2D eigenvalue weighted by Crippen LogP contribution is 2.43. The standard InChI is InChI=1S/C42H28BrN.2C36H24BrN/c43-37-16-8-15-34(26-37)32-13-7-14-33(25-32)36-20-24-42-40(28-36)39-27-35(30-11-5-2-6-12-30)19-23-41(39)44(42)38-21-17-31(18-22-38)29-9-3-1-4-10-29;37-31-14-8-13-28(22-31)26-11-7-12-27(21-26)29-18-20-35-34(23-29)33-19-17-30(25-9-3-1-4-10-25)24-36(33)38(35)32-15-5-2-6-16-32;37-31-15-7-13-28(22-31)26-11-6-12-27(21-26)30-19-20-36-34(24-30)33-17-4-5-18-35(33)38(36)32-16-8-14-29(23-32)25-9-2-1-3-10-25/h1-28H;2*1-24H. The van der Waals surface area contributed by atoms with Crippen LogP contribution in [-0.2, 0) is 0 Å². The second-order valence-corrected chi connectivity index (χ2v) is 33.1. The first-order chi connectivity index (χ1) is 59.2. The molecule has 0 spiro atoms. The molecule has 19 aromatic carbocycles. The van der Waals surface area contributed by atoms with E-state index in [-0.39, 0.29) is 0 Å². The van der Waals surface area contributed by atoms with Crippen LogP contribution in [0.2, 0.25) is 0 Å². The van der Waals surface area contributed by atoms with Gasteiger partial charge < -0.3 is 13.7 Å². The van der Waals surface area contributed by atoms with Gasteiger partial charge >= 0.3 is 0 Å². The summed E-state index contributed by atoms with van der Waals surface area (Å²) in [5.74, 6) is 0. The highest BCUT2D eigenvalue weighted by molar-refractivity contribution is 9.11. The lowest BCUT2D eigenvalue weighted by Gasteiger charge is -2.11. The van der Waals surface area contributed by atoms with Crippen molar-refractivity contribution in [2.45, 2.75) is 0 Å². The maximum absolute atomic E-state index is 3.63. The molecule has 0 N–H and O–H groups in total. The Morgan fingerprint density at radius 3 is 0.742 bits per heavy atom. The number of rotatable bonds is 13. The van der Waals surface area contributed by atoms with E-state index >= 15 is 0 Å². The van der Waals surface area contributed by atoms with Gasteiger partial charge in [-0.2, -0.15) is 0 Å². The fourth-order valence-electron chi connectivity index (χ4n) is 17.1. The van der Waals surface area contributed by atoms with Crippen molar-refractivity contribution in [1.29, 1.82) is 0 Å². The largest absolute Gasteiger partial charge is 0.309 e. The van der Waals surface area contributed by atoms with E-state index in [4.69, 9.17) is 0 Å². The molecule has 22 rings (SSSR count). The number of para-hydroxylation sites is 2. The predicted molar refractivity (Wildman–Crippen MR) is 520 cm³/mol. The second-order valence-electron chi connectivity index (χ2n) is 30.4. The molecule has 0 aliphatic carbocycles. The van der Waals surface area contributed by atoms with E-state index < -0.39 is 0 Å². The highest BCUT2D eigenvalue weighted by atomic mass is 79.9. The van der Waals surface area contributed by atoms with Crippen LogP contribution in [0.25, 0.3) is 194 Å². The van der Waals surface area contributed by atoms with Gasteiger partial charge in [0.25, 0.3) is 0 Å². The molecule has 22 aromatic rings. The summed E-state index contributed by atoms with van der Waals surface area (Å²) in [6, 6.07) is 166. The Morgan fingerprint density at radius 1 is 0.117 bits per heavy atom. The van der Waals surface area contributed by atoms with Crippen molar-refractivity contribution in [1.82, 2.24) is 13.7 Å². The maximum atomic E-state index is 3.63.